The number of aromatic nitrogens is 5. The summed E-state index contributed by atoms with van der Waals surface area (Å²) in [6.45, 7) is 1.42. The zero-order chi connectivity index (χ0) is 20.0. The third-order valence-corrected chi connectivity index (χ3v) is 4.91. The average Bonchev–Trinajstić information content (AvgIpc) is 3.41. The van der Waals surface area contributed by atoms with Crippen LogP contribution >= 0.6 is 0 Å². The van der Waals surface area contributed by atoms with Gasteiger partial charge in [-0.1, -0.05) is 0 Å². The van der Waals surface area contributed by atoms with Crippen LogP contribution in [0.2, 0.25) is 0 Å². The van der Waals surface area contributed by atoms with Crippen LogP contribution in [-0.4, -0.2) is 46.6 Å². The van der Waals surface area contributed by atoms with Gasteiger partial charge in [-0.15, -0.1) is 4.98 Å². The second-order valence-corrected chi connectivity index (χ2v) is 6.51. The van der Waals surface area contributed by atoms with Gasteiger partial charge in [0.25, 0.3) is 0 Å². The van der Waals surface area contributed by atoms with Crippen LogP contribution in [0, 0.1) is 0 Å². The molecule has 10 heteroatoms. The number of carbonyl (C=O) groups is 1. The van der Waals surface area contributed by atoms with Crippen LogP contribution in [0.4, 0.5) is 11.8 Å². The molecule has 0 fully saturated rings. The number of anilines is 2. The van der Waals surface area contributed by atoms with Gasteiger partial charge in [-0.05, 0) is 18.2 Å². The lowest BCUT2D eigenvalue weighted by atomic mass is 10.2. The summed E-state index contributed by atoms with van der Waals surface area (Å²) < 4.78 is 12.9. The fourth-order valence-electron chi connectivity index (χ4n) is 3.55. The molecule has 3 N–H and O–H groups in total. The Bertz CT molecular complexity index is 1270. The number of carbonyl (C=O) groups excluding carboxylic acids is 1. The predicted molar refractivity (Wildman–Crippen MR) is 105 cm³/mol. The topological polar surface area (TPSA) is 118 Å². The summed E-state index contributed by atoms with van der Waals surface area (Å²) >= 11 is 0. The fourth-order valence-corrected chi connectivity index (χ4v) is 3.55. The lowest BCUT2D eigenvalue weighted by Gasteiger charge is -2.12. The molecule has 0 radical (unpaired) electrons. The van der Waals surface area contributed by atoms with Gasteiger partial charge in [-0.2, -0.15) is 0 Å². The molecule has 0 spiro atoms. The van der Waals surface area contributed by atoms with E-state index in [2.05, 4.69) is 30.6 Å². The van der Waals surface area contributed by atoms with Crippen LogP contribution < -0.4 is 24.7 Å². The standard InChI is InChI=1S/C19H17N7O3/c1-28-13-4-3-11-14(15(13)29-2)24-19(26-6-5-20-17(11)26)25-18(27)10-7-12-16(21-8-10)23-9-22-12/h3-4,7-9H,5-6H2,1-2H3,(H2,20,21,22,23,24,25,27)/p+1. The summed E-state index contributed by atoms with van der Waals surface area (Å²) in [5.74, 6) is 2.05. The van der Waals surface area contributed by atoms with Crippen LogP contribution in [0.3, 0.4) is 0 Å². The van der Waals surface area contributed by atoms with Crippen molar-refractivity contribution in [1.82, 2.24) is 19.9 Å². The minimum atomic E-state index is -0.315. The molecule has 0 saturated carbocycles. The molecule has 1 aliphatic heterocycles. The van der Waals surface area contributed by atoms with Crippen molar-refractivity contribution in [2.45, 2.75) is 6.54 Å². The Labute approximate surface area is 164 Å². The van der Waals surface area contributed by atoms with Gasteiger partial charge in [0.15, 0.2) is 22.7 Å². The number of nitrogens with zero attached hydrogens (tertiary/aromatic N) is 4. The smallest absolute Gasteiger partial charge is 0.355 e. The quantitative estimate of drug-likeness (QED) is 0.450. The molecule has 0 aliphatic carbocycles. The molecular formula is C19H18N7O3+. The number of rotatable bonds is 4. The van der Waals surface area contributed by atoms with E-state index in [1.54, 1.807) is 20.3 Å². The maximum Gasteiger partial charge on any atom is 0.355 e. The minimum absolute atomic E-state index is 0.315. The molecule has 10 nitrogen and oxygen atoms in total. The Kier molecular flexibility index (Phi) is 3.90. The number of H-pyrrole nitrogens is 1. The van der Waals surface area contributed by atoms with Gasteiger partial charge in [-0.25, -0.2) is 19.9 Å². The molecule has 1 aliphatic rings. The summed E-state index contributed by atoms with van der Waals surface area (Å²) in [6, 6.07) is 5.47. The van der Waals surface area contributed by atoms with Gasteiger partial charge in [0, 0.05) is 6.20 Å². The van der Waals surface area contributed by atoms with Crippen molar-refractivity contribution in [2.24, 2.45) is 0 Å². The molecule has 29 heavy (non-hydrogen) atoms. The fraction of sp³-hybridized carbons (Fsp3) is 0.211. The van der Waals surface area contributed by atoms with E-state index in [0.29, 0.717) is 46.2 Å². The molecule has 0 unspecified atom stereocenters. The first kappa shape index (κ1) is 17.2. The maximum absolute atomic E-state index is 12.9. The van der Waals surface area contributed by atoms with Crippen molar-refractivity contribution in [3.8, 4) is 11.5 Å². The Hall–Kier alpha value is -3.95. The third kappa shape index (κ3) is 2.68. The zero-order valence-corrected chi connectivity index (χ0v) is 15.8. The van der Waals surface area contributed by atoms with E-state index in [0.717, 1.165) is 17.7 Å². The highest BCUT2D eigenvalue weighted by atomic mass is 16.5. The number of methoxy groups -OCH3 is 2. The second kappa shape index (κ2) is 6.59. The lowest BCUT2D eigenvalue weighted by Crippen LogP contribution is -2.37. The molecule has 0 saturated heterocycles. The van der Waals surface area contributed by atoms with Crippen LogP contribution in [0.25, 0.3) is 22.1 Å². The minimum Gasteiger partial charge on any atom is -0.493 e. The van der Waals surface area contributed by atoms with Crippen LogP contribution in [0.1, 0.15) is 10.4 Å². The second-order valence-electron chi connectivity index (χ2n) is 6.51. The first-order valence-electron chi connectivity index (χ1n) is 9.02. The van der Waals surface area contributed by atoms with E-state index in [4.69, 9.17) is 9.47 Å². The van der Waals surface area contributed by atoms with Crippen LogP contribution in [0.15, 0.2) is 30.7 Å². The zero-order valence-electron chi connectivity index (χ0n) is 15.8. The van der Waals surface area contributed by atoms with Gasteiger partial charge < -0.3 is 19.8 Å². The van der Waals surface area contributed by atoms with E-state index < -0.39 is 0 Å². The van der Waals surface area contributed by atoms with E-state index in [-0.39, 0.29) is 5.91 Å². The molecule has 4 aromatic rings. The SMILES string of the molecule is COc1ccc2c3[n+](c(NC(=O)c4cnc5nc[nH]c5c4)nc2c1OC)CCN3. The molecule has 0 atom stereocenters. The number of hydrogen-bond acceptors (Lipinski definition) is 7. The average molecular weight is 392 g/mol. The van der Waals surface area contributed by atoms with Crippen molar-refractivity contribution in [2.75, 3.05) is 31.4 Å². The van der Waals surface area contributed by atoms with Crippen molar-refractivity contribution in [3.63, 3.8) is 0 Å². The number of ether oxygens (including phenoxy) is 2. The Morgan fingerprint density at radius 1 is 1.24 bits per heavy atom. The Balaban J connectivity index is 1.61. The molecule has 0 bridgehead atoms. The van der Waals surface area contributed by atoms with Crippen molar-refractivity contribution in [1.29, 1.82) is 0 Å². The van der Waals surface area contributed by atoms with E-state index in [9.17, 15) is 4.79 Å². The van der Waals surface area contributed by atoms with E-state index in [1.807, 2.05) is 16.7 Å². The first-order valence-corrected chi connectivity index (χ1v) is 9.02. The molecule has 1 amide bonds. The number of imidazole rings is 1. The van der Waals surface area contributed by atoms with Gasteiger partial charge in [-0.3, -0.25) is 4.79 Å². The van der Waals surface area contributed by atoms with E-state index >= 15 is 0 Å². The molecule has 1 aromatic carbocycles. The number of aromatic amines is 1. The lowest BCUT2D eigenvalue weighted by molar-refractivity contribution is -0.657. The summed E-state index contributed by atoms with van der Waals surface area (Å²) in [7, 11) is 3.14. The van der Waals surface area contributed by atoms with E-state index in [1.165, 1.54) is 12.5 Å². The summed E-state index contributed by atoms with van der Waals surface area (Å²) in [5.41, 5.74) is 2.25. The van der Waals surface area contributed by atoms with Crippen molar-refractivity contribution in [3.05, 3.63) is 36.3 Å². The Morgan fingerprint density at radius 3 is 2.97 bits per heavy atom. The van der Waals surface area contributed by atoms with Gasteiger partial charge >= 0.3 is 11.9 Å². The summed E-state index contributed by atoms with van der Waals surface area (Å²) in [4.78, 5) is 28.8. The normalized spacial score (nSPS) is 12.6. The van der Waals surface area contributed by atoms with Gasteiger partial charge in [0.05, 0.1) is 50.1 Å². The molecule has 146 valence electrons. The predicted octanol–water partition coefficient (Wildman–Crippen LogP) is 1.49. The number of pyridine rings is 1. The number of fused-ring (bicyclic) bond motifs is 4. The van der Waals surface area contributed by atoms with Crippen LogP contribution in [-0.2, 0) is 6.54 Å². The first-order chi connectivity index (χ1) is 14.2. The number of amides is 1. The largest absolute Gasteiger partial charge is 0.493 e. The third-order valence-electron chi connectivity index (χ3n) is 4.91. The summed E-state index contributed by atoms with van der Waals surface area (Å²) in [5, 5.41) is 7.14. The van der Waals surface area contributed by atoms with Crippen LogP contribution in [0.5, 0.6) is 11.5 Å². The van der Waals surface area contributed by atoms with Crippen molar-refractivity contribution < 1.29 is 18.8 Å². The molecular weight excluding hydrogens is 374 g/mol. The number of benzene rings is 1. The number of hydrogen-bond donors (Lipinski definition) is 3. The highest BCUT2D eigenvalue weighted by Gasteiger charge is 2.29. The molecule has 4 heterocycles. The maximum atomic E-state index is 12.9. The monoisotopic (exact) mass is 392 g/mol. The highest BCUT2D eigenvalue weighted by molar-refractivity contribution is 6.05. The molecule has 5 rings (SSSR count). The summed E-state index contributed by atoms with van der Waals surface area (Å²) in [6.07, 6.45) is 3.03. The van der Waals surface area contributed by atoms with Crippen molar-refractivity contribution >= 4 is 39.7 Å². The highest BCUT2D eigenvalue weighted by Crippen LogP contribution is 2.37. The van der Waals surface area contributed by atoms with Gasteiger partial charge in [0.1, 0.15) is 0 Å². The number of nitrogens with one attached hydrogen (secondary N) is 3. The van der Waals surface area contributed by atoms with Gasteiger partial charge in [0.2, 0.25) is 5.82 Å². The Morgan fingerprint density at radius 2 is 2.14 bits per heavy atom. The molecule has 3 aromatic heterocycles.